The second-order valence-electron chi connectivity index (χ2n) is 7.08. The van der Waals surface area contributed by atoms with Gasteiger partial charge in [-0.25, -0.2) is 18.7 Å². The summed E-state index contributed by atoms with van der Waals surface area (Å²) in [5, 5.41) is 3.15. The van der Waals surface area contributed by atoms with Crippen molar-refractivity contribution in [2.75, 3.05) is 6.54 Å². The van der Waals surface area contributed by atoms with Crippen LogP contribution in [0.1, 0.15) is 10.5 Å². The van der Waals surface area contributed by atoms with Crippen LogP contribution in [-0.4, -0.2) is 38.2 Å². The molecule has 8 heteroatoms. The molecule has 0 saturated carbocycles. The number of pyridine rings is 2. The number of imidazole rings is 1. The minimum absolute atomic E-state index is 0.195. The normalized spacial score (nSPS) is 11.5. The monoisotopic (exact) mass is 417 g/mol. The number of rotatable bonds is 5. The number of halogens is 2. The van der Waals surface area contributed by atoms with Crippen molar-refractivity contribution in [1.29, 1.82) is 0 Å². The van der Waals surface area contributed by atoms with E-state index < -0.39 is 18.9 Å². The van der Waals surface area contributed by atoms with Crippen LogP contribution in [0.25, 0.3) is 38.9 Å². The van der Waals surface area contributed by atoms with Gasteiger partial charge in [-0.05, 0) is 23.8 Å². The summed E-state index contributed by atoms with van der Waals surface area (Å²) >= 11 is 0. The Morgan fingerprint density at radius 3 is 2.68 bits per heavy atom. The Labute approximate surface area is 175 Å². The van der Waals surface area contributed by atoms with Crippen molar-refractivity contribution in [2.45, 2.75) is 6.43 Å². The van der Waals surface area contributed by atoms with Gasteiger partial charge < -0.3 is 10.3 Å². The van der Waals surface area contributed by atoms with Crippen molar-refractivity contribution in [1.82, 2.24) is 24.7 Å². The molecule has 0 spiro atoms. The van der Waals surface area contributed by atoms with Crippen molar-refractivity contribution >= 4 is 22.6 Å². The molecule has 0 radical (unpaired) electrons. The van der Waals surface area contributed by atoms with Crippen molar-refractivity contribution in [3.05, 3.63) is 79.0 Å². The molecule has 6 nitrogen and oxygen atoms in total. The Morgan fingerprint density at radius 2 is 1.87 bits per heavy atom. The van der Waals surface area contributed by atoms with Gasteiger partial charge in [-0.1, -0.05) is 30.3 Å². The number of hydrogen-bond donors (Lipinski definition) is 2. The predicted molar refractivity (Wildman–Crippen MR) is 114 cm³/mol. The number of carbonyl (C=O) groups is 1. The van der Waals surface area contributed by atoms with Gasteiger partial charge in [-0.2, -0.15) is 0 Å². The van der Waals surface area contributed by atoms with E-state index in [9.17, 15) is 13.6 Å². The summed E-state index contributed by atoms with van der Waals surface area (Å²) in [6.07, 6.45) is 4.22. The van der Waals surface area contributed by atoms with E-state index in [0.717, 1.165) is 33.3 Å². The van der Waals surface area contributed by atoms with E-state index in [4.69, 9.17) is 0 Å². The first-order chi connectivity index (χ1) is 15.1. The lowest BCUT2D eigenvalue weighted by Gasteiger charge is -2.07. The second kappa shape index (κ2) is 7.64. The number of aromatic nitrogens is 4. The van der Waals surface area contributed by atoms with E-state index in [1.54, 1.807) is 16.7 Å². The van der Waals surface area contributed by atoms with Crippen LogP contribution in [0, 0.1) is 0 Å². The number of fused-ring (bicyclic) bond motifs is 2. The molecule has 4 aromatic heterocycles. The van der Waals surface area contributed by atoms with Gasteiger partial charge in [-0.15, -0.1) is 0 Å². The van der Waals surface area contributed by atoms with Crippen molar-refractivity contribution in [3.63, 3.8) is 0 Å². The Kier molecular flexibility index (Phi) is 4.66. The van der Waals surface area contributed by atoms with Crippen LogP contribution >= 0.6 is 0 Å². The Morgan fingerprint density at radius 1 is 1.03 bits per heavy atom. The van der Waals surface area contributed by atoms with Crippen molar-refractivity contribution in [2.24, 2.45) is 0 Å². The molecule has 0 fully saturated rings. The predicted octanol–water partition coefficient (Wildman–Crippen LogP) is 4.54. The largest absolute Gasteiger partial charge is 0.346 e. The Hall–Kier alpha value is -4.07. The van der Waals surface area contributed by atoms with Gasteiger partial charge in [0.15, 0.2) is 0 Å². The highest BCUT2D eigenvalue weighted by Crippen LogP contribution is 2.31. The van der Waals surface area contributed by atoms with Crippen molar-refractivity contribution < 1.29 is 13.6 Å². The lowest BCUT2D eigenvalue weighted by Crippen LogP contribution is -2.29. The molecule has 0 aliphatic carbocycles. The molecule has 154 valence electrons. The summed E-state index contributed by atoms with van der Waals surface area (Å²) in [5.41, 5.74) is 5.29. The zero-order valence-corrected chi connectivity index (χ0v) is 16.2. The van der Waals surface area contributed by atoms with E-state index in [1.807, 2.05) is 48.8 Å². The molecule has 0 unspecified atom stereocenters. The highest BCUT2D eigenvalue weighted by molar-refractivity contribution is 5.96. The molecule has 1 aromatic carbocycles. The van der Waals surface area contributed by atoms with E-state index in [-0.39, 0.29) is 5.69 Å². The fourth-order valence-electron chi connectivity index (χ4n) is 3.60. The number of benzene rings is 1. The van der Waals surface area contributed by atoms with Crippen LogP contribution in [0.4, 0.5) is 8.78 Å². The molecule has 0 atom stereocenters. The first-order valence-corrected chi connectivity index (χ1v) is 9.66. The molecular formula is C23H17F2N5O. The van der Waals surface area contributed by atoms with Crippen molar-refractivity contribution in [3.8, 4) is 22.3 Å². The molecule has 31 heavy (non-hydrogen) atoms. The number of nitrogens with zero attached hydrogens (tertiary/aromatic N) is 3. The Balaban J connectivity index is 1.57. The van der Waals surface area contributed by atoms with Crippen LogP contribution in [0.3, 0.4) is 0 Å². The van der Waals surface area contributed by atoms with Gasteiger partial charge in [0.2, 0.25) is 0 Å². The maximum atomic E-state index is 12.5. The number of alkyl halides is 2. The second-order valence-corrected chi connectivity index (χ2v) is 7.08. The molecule has 1 amide bonds. The summed E-state index contributed by atoms with van der Waals surface area (Å²) in [5.74, 6) is -0.600. The molecule has 0 bridgehead atoms. The van der Waals surface area contributed by atoms with Gasteiger partial charge in [0, 0.05) is 40.7 Å². The first-order valence-electron chi connectivity index (χ1n) is 9.66. The van der Waals surface area contributed by atoms with E-state index >= 15 is 0 Å². The molecular weight excluding hydrogens is 400 g/mol. The molecule has 0 aliphatic heterocycles. The van der Waals surface area contributed by atoms with Gasteiger partial charge >= 0.3 is 0 Å². The molecule has 5 rings (SSSR count). The van der Waals surface area contributed by atoms with Crippen LogP contribution in [0.15, 0.2) is 73.3 Å². The highest BCUT2D eigenvalue weighted by Gasteiger charge is 2.16. The van der Waals surface area contributed by atoms with E-state index in [2.05, 4.69) is 26.3 Å². The fourth-order valence-corrected chi connectivity index (χ4v) is 3.60. The average Bonchev–Trinajstić information content (AvgIpc) is 3.41. The summed E-state index contributed by atoms with van der Waals surface area (Å²) in [6.45, 7) is -0.706. The van der Waals surface area contributed by atoms with Gasteiger partial charge in [-0.3, -0.25) is 9.20 Å². The van der Waals surface area contributed by atoms with Crippen LogP contribution in [-0.2, 0) is 0 Å². The maximum Gasteiger partial charge on any atom is 0.270 e. The number of hydrogen-bond acceptors (Lipinski definition) is 3. The smallest absolute Gasteiger partial charge is 0.270 e. The minimum atomic E-state index is -2.61. The zero-order chi connectivity index (χ0) is 21.4. The third kappa shape index (κ3) is 3.52. The van der Waals surface area contributed by atoms with Gasteiger partial charge in [0.25, 0.3) is 12.3 Å². The quantitative estimate of drug-likeness (QED) is 0.441. The average molecular weight is 417 g/mol. The Bertz CT molecular complexity index is 1390. The van der Waals surface area contributed by atoms with Crippen LogP contribution in [0.2, 0.25) is 0 Å². The maximum absolute atomic E-state index is 12.5. The SMILES string of the molecule is O=C(NCC(F)F)c1cnc2ccc(-c3c[nH]c4ncc(-c5ccccc5)cc34)cn12. The van der Waals surface area contributed by atoms with E-state index in [1.165, 1.54) is 6.20 Å². The third-order valence-electron chi connectivity index (χ3n) is 5.10. The highest BCUT2D eigenvalue weighted by atomic mass is 19.3. The van der Waals surface area contributed by atoms with Gasteiger partial charge in [0.05, 0.1) is 12.7 Å². The molecule has 5 aromatic rings. The molecule has 4 heterocycles. The minimum Gasteiger partial charge on any atom is -0.346 e. The standard InChI is InChI=1S/C23H17F2N5O/c24-20(25)12-29-23(31)19-11-26-21-7-6-15(13-30(19)21)18-10-28-22-17(18)8-16(9-27-22)14-4-2-1-3-5-14/h1-11,13,20H,12H2,(H,27,28)(H,29,31). The number of amides is 1. The van der Waals surface area contributed by atoms with Gasteiger partial charge in [0.1, 0.15) is 17.0 Å². The fraction of sp³-hybridized carbons (Fsp3) is 0.0870. The first kappa shape index (κ1) is 18.9. The topological polar surface area (TPSA) is 75.1 Å². The summed E-state index contributed by atoms with van der Waals surface area (Å²) < 4.78 is 26.5. The molecule has 0 aliphatic rings. The zero-order valence-electron chi connectivity index (χ0n) is 16.2. The number of nitrogens with one attached hydrogen (secondary N) is 2. The lowest BCUT2D eigenvalue weighted by molar-refractivity contribution is 0.0886. The van der Waals surface area contributed by atoms with E-state index in [0.29, 0.717) is 5.65 Å². The third-order valence-corrected chi connectivity index (χ3v) is 5.10. The number of aromatic amines is 1. The van der Waals surface area contributed by atoms with Crippen LogP contribution < -0.4 is 5.32 Å². The number of carbonyl (C=O) groups excluding carboxylic acids is 1. The summed E-state index contributed by atoms with van der Waals surface area (Å²) in [6, 6.07) is 15.7. The molecule has 0 saturated heterocycles. The summed E-state index contributed by atoms with van der Waals surface area (Å²) in [7, 11) is 0. The van der Waals surface area contributed by atoms with Crippen LogP contribution in [0.5, 0.6) is 0 Å². The lowest BCUT2D eigenvalue weighted by atomic mass is 10.0. The molecule has 2 N–H and O–H groups in total. The number of H-pyrrole nitrogens is 1. The summed E-state index contributed by atoms with van der Waals surface area (Å²) in [4.78, 5) is 24.2.